The third-order valence-corrected chi connectivity index (χ3v) is 7.14. The first-order valence-corrected chi connectivity index (χ1v) is 11.0. The van der Waals surface area contributed by atoms with Gasteiger partial charge in [-0.2, -0.15) is 0 Å². The number of sulfonamides is 1. The lowest BCUT2D eigenvalue weighted by Crippen LogP contribution is -2.38. The van der Waals surface area contributed by atoms with Crippen LogP contribution in [0.15, 0.2) is 77.1 Å². The van der Waals surface area contributed by atoms with Crippen LogP contribution in [-0.2, 0) is 16.6 Å². The molecule has 7 heteroatoms. The molecule has 0 saturated carbocycles. The van der Waals surface area contributed by atoms with E-state index < -0.39 is 15.8 Å². The summed E-state index contributed by atoms with van der Waals surface area (Å²) < 4.78 is 27.9. The maximum atomic E-state index is 13.3. The molecule has 4 rings (SSSR count). The van der Waals surface area contributed by atoms with Crippen molar-refractivity contribution in [1.82, 2.24) is 0 Å². The topological polar surface area (TPSA) is 66.5 Å². The van der Waals surface area contributed by atoms with Crippen LogP contribution in [0.2, 0.25) is 0 Å². The molecule has 2 heterocycles. The van der Waals surface area contributed by atoms with Gasteiger partial charge < -0.3 is 5.32 Å². The van der Waals surface area contributed by atoms with Gasteiger partial charge in [0.05, 0.1) is 12.2 Å². The second-order valence-corrected chi connectivity index (χ2v) is 9.23. The van der Waals surface area contributed by atoms with Gasteiger partial charge in [0.1, 0.15) is 4.88 Å². The van der Waals surface area contributed by atoms with E-state index >= 15 is 0 Å². The first-order chi connectivity index (χ1) is 13.5. The fourth-order valence-corrected chi connectivity index (χ4v) is 5.57. The van der Waals surface area contributed by atoms with Crippen molar-refractivity contribution in [2.24, 2.45) is 0 Å². The minimum Gasteiger partial charge on any atom is -0.360 e. The third kappa shape index (κ3) is 3.34. The van der Waals surface area contributed by atoms with Crippen LogP contribution in [0.5, 0.6) is 0 Å². The van der Waals surface area contributed by atoms with E-state index in [2.05, 4.69) is 5.32 Å². The number of anilines is 2. The van der Waals surface area contributed by atoms with Crippen molar-refractivity contribution in [1.29, 1.82) is 0 Å². The number of nitrogens with one attached hydrogen (secondary N) is 1. The van der Waals surface area contributed by atoms with Crippen molar-refractivity contribution in [2.75, 3.05) is 9.62 Å². The Labute approximate surface area is 168 Å². The van der Waals surface area contributed by atoms with Gasteiger partial charge in [-0.15, -0.1) is 11.3 Å². The summed E-state index contributed by atoms with van der Waals surface area (Å²) in [5, 5.41) is 4.71. The number of hydrogen-bond acceptors (Lipinski definition) is 5. The van der Waals surface area contributed by atoms with Crippen LogP contribution in [0, 0.1) is 6.92 Å². The number of allylic oxidation sites excluding steroid dienone is 1. The van der Waals surface area contributed by atoms with E-state index in [0.29, 0.717) is 10.6 Å². The summed E-state index contributed by atoms with van der Waals surface area (Å²) >= 11 is 1.25. The molecule has 2 aromatic carbocycles. The standard InChI is InChI=1S/C21H18N2O3S2/c1-15-6-5-9-17(12-15)22-13-19-20(24)21-18(10-11-27-21)23(28(19,25)26)14-16-7-3-2-4-8-16/h2-13,22H,14H2,1H3/b19-13-. The summed E-state index contributed by atoms with van der Waals surface area (Å²) in [6, 6.07) is 18.5. The van der Waals surface area contributed by atoms with Crippen LogP contribution < -0.4 is 9.62 Å². The molecule has 0 saturated heterocycles. The first-order valence-electron chi connectivity index (χ1n) is 8.69. The number of fused-ring (bicyclic) bond motifs is 1. The van der Waals surface area contributed by atoms with Crippen molar-refractivity contribution in [3.63, 3.8) is 0 Å². The molecule has 28 heavy (non-hydrogen) atoms. The Morgan fingerprint density at radius 2 is 1.86 bits per heavy atom. The Morgan fingerprint density at radius 3 is 2.61 bits per heavy atom. The van der Waals surface area contributed by atoms with Crippen LogP contribution in [0.1, 0.15) is 20.8 Å². The number of benzene rings is 2. The van der Waals surface area contributed by atoms with Crippen molar-refractivity contribution >= 4 is 38.5 Å². The molecule has 1 aliphatic heterocycles. The summed E-state index contributed by atoms with van der Waals surface area (Å²) in [4.78, 5) is 13.1. The molecule has 0 spiro atoms. The van der Waals surface area contributed by atoms with E-state index in [1.807, 2.05) is 61.5 Å². The smallest absolute Gasteiger partial charge is 0.270 e. The Kier molecular flexibility index (Phi) is 4.78. The Hall–Kier alpha value is -2.90. The molecule has 0 amide bonds. The molecule has 0 radical (unpaired) electrons. The lowest BCUT2D eigenvalue weighted by molar-refractivity contribution is 0.104. The highest BCUT2D eigenvalue weighted by Crippen LogP contribution is 2.39. The van der Waals surface area contributed by atoms with Gasteiger partial charge in [-0.25, -0.2) is 8.42 Å². The van der Waals surface area contributed by atoms with E-state index in [0.717, 1.165) is 16.8 Å². The van der Waals surface area contributed by atoms with Crippen LogP contribution in [-0.4, -0.2) is 14.2 Å². The highest BCUT2D eigenvalue weighted by molar-refractivity contribution is 7.97. The predicted molar refractivity (Wildman–Crippen MR) is 113 cm³/mol. The lowest BCUT2D eigenvalue weighted by atomic mass is 10.2. The fourth-order valence-electron chi connectivity index (χ4n) is 3.09. The zero-order chi connectivity index (χ0) is 19.7. The number of carbonyl (C=O) groups excluding carboxylic acids is 1. The average molecular weight is 411 g/mol. The predicted octanol–water partition coefficient (Wildman–Crippen LogP) is 4.54. The first kappa shape index (κ1) is 18.5. The Bertz CT molecular complexity index is 1170. The number of aryl methyl sites for hydroxylation is 1. The molecule has 142 valence electrons. The van der Waals surface area contributed by atoms with Gasteiger partial charge in [0.15, 0.2) is 4.91 Å². The summed E-state index contributed by atoms with van der Waals surface area (Å²) in [6.07, 6.45) is 1.30. The van der Waals surface area contributed by atoms with Crippen molar-refractivity contribution in [3.8, 4) is 0 Å². The number of carbonyl (C=O) groups is 1. The second kappa shape index (κ2) is 7.26. The molecule has 0 atom stereocenters. The quantitative estimate of drug-likeness (QED) is 0.641. The van der Waals surface area contributed by atoms with Gasteiger partial charge in [0.2, 0.25) is 5.78 Å². The minimum absolute atomic E-state index is 0.169. The van der Waals surface area contributed by atoms with Crippen LogP contribution >= 0.6 is 11.3 Å². The molecule has 0 bridgehead atoms. The largest absolute Gasteiger partial charge is 0.360 e. The number of ketones is 1. The number of nitrogens with zero attached hydrogens (tertiary/aromatic N) is 1. The summed E-state index contributed by atoms with van der Waals surface area (Å²) in [5.74, 6) is -0.477. The van der Waals surface area contributed by atoms with Crippen molar-refractivity contribution in [2.45, 2.75) is 13.5 Å². The lowest BCUT2D eigenvalue weighted by Gasteiger charge is -2.29. The minimum atomic E-state index is -3.99. The Balaban J connectivity index is 1.75. The van der Waals surface area contributed by atoms with Gasteiger partial charge in [-0.3, -0.25) is 9.10 Å². The molecule has 5 nitrogen and oxygen atoms in total. The SMILES string of the molecule is Cc1cccc(N/C=C2/C(=O)c3sccc3N(Cc3ccccc3)S2(=O)=O)c1. The normalized spacial score (nSPS) is 16.8. The van der Waals surface area contributed by atoms with Gasteiger partial charge in [-0.05, 0) is 41.6 Å². The van der Waals surface area contributed by atoms with Gasteiger partial charge >= 0.3 is 0 Å². The number of rotatable bonds is 4. The summed E-state index contributed by atoms with van der Waals surface area (Å²) in [7, 11) is -3.99. The van der Waals surface area contributed by atoms with Gasteiger partial charge in [0.25, 0.3) is 10.0 Å². The van der Waals surface area contributed by atoms with E-state index in [1.54, 1.807) is 11.4 Å². The van der Waals surface area contributed by atoms with E-state index in [-0.39, 0.29) is 11.4 Å². The average Bonchev–Trinajstić information content (AvgIpc) is 3.15. The van der Waals surface area contributed by atoms with Crippen molar-refractivity contribution < 1.29 is 13.2 Å². The van der Waals surface area contributed by atoms with Crippen LogP contribution in [0.25, 0.3) is 0 Å². The molecule has 0 aliphatic carbocycles. The van der Waals surface area contributed by atoms with E-state index in [9.17, 15) is 13.2 Å². The zero-order valence-electron chi connectivity index (χ0n) is 15.1. The van der Waals surface area contributed by atoms with E-state index in [1.165, 1.54) is 21.8 Å². The highest BCUT2D eigenvalue weighted by atomic mass is 32.2. The molecular formula is C21H18N2O3S2. The van der Waals surface area contributed by atoms with Gasteiger partial charge in [0, 0.05) is 11.9 Å². The van der Waals surface area contributed by atoms with Crippen LogP contribution in [0.4, 0.5) is 11.4 Å². The molecule has 1 aromatic heterocycles. The maximum absolute atomic E-state index is 13.3. The number of Topliss-reactive ketones (excluding diaryl/α,β-unsaturated/α-hetero) is 1. The molecule has 0 fully saturated rings. The number of thiophene rings is 1. The Morgan fingerprint density at radius 1 is 1.07 bits per heavy atom. The maximum Gasteiger partial charge on any atom is 0.270 e. The molecule has 1 N–H and O–H groups in total. The highest BCUT2D eigenvalue weighted by Gasteiger charge is 2.41. The van der Waals surface area contributed by atoms with Gasteiger partial charge in [-0.1, -0.05) is 42.5 Å². The van der Waals surface area contributed by atoms with E-state index in [4.69, 9.17) is 0 Å². The monoisotopic (exact) mass is 410 g/mol. The summed E-state index contributed by atoms with van der Waals surface area (Å²) in [5.41, 5.74) is 3.05. The fraction of sp³-hybridized carbons (Fsp3) is 0.0952. The molecule has 0 unspecified atom stereocenters. The summed E-state index contributed by atoms with van der Waals surface area (Å²) in [6.45, 7) is 2.11. The third-order valence-electron chi connectivity index (χ3n) is 4.47. The van der Waals surface area contributed by atoms with Crippen molar-refractivity contribution in [3.05, 3.63) is 93.2 Å². The second-order valence-electron chi connectivity index (χ2n) is 6.48. The molecular weight excluding hydrogens is 392 g/mol. The molecule has 3 aromatic rings. The zero-order valence-corrected chi connectivity index (χ0v) is 16.8. The molecule has 1 aliphatic rings. The van der Waals surface area contributed by atoms with Crippen LogP contribution in [0.3, 0.4) is 0 Å². The number of hydrogen-bond donors (Lipinski definition) is 1.